The Balaban J connectivity index is 1.11. The first-order valence-electron chi connectivity index (χ1n) is 14.4. The number of aromatic nitrogens is 3. The van der Waals surface area contributed by atoms with E-state index in [-0.39, 0.29) is 17.8 Å². The van der Waals surface area contributed by atoms with Crippen LogP contribution in [0, 0.1) is 0 Å². The second-order valence-corrected chi connectivity index (χ2v) is 12.1. The highest BCUT2D eigenvalue weighted by molar-refractivity contribution is 8.14. The van der Waals surface area contributed by atoms with Crippen LogP contribution in [-0.2, 0) is 12.8 Å². The van der Waals surface area contributed by atoms with Gasteiger partial charge in [-0.15, -0.1) is 18.3 Å². The van der Waals surface area contributed by atoms with Crippen molar-refractivity contribution in [1.82, 2.24) is 20.1 Å². The number of benzene rings is 3. The number of nitrogens with one attached hydrogen (secondary N) is 1. The lowest BCUT2D eigenvalue weighted by Gasteiger charge is -2.32. The molecule has 0 saturated carbocycles. The molecule has 2 amide bonds. The predicted molar refractivity (Wildman–Crippen MR) is 166 cm³/mol. The summed E-state index contributed by atoms with van der Waals surface area (Å²) >= 11 is 1.61. The molecule has 8 nitrogen and oxygen atoms in total. The van der Waals surface area contributed by atoms with Crippen LogP contribution in [0.5, 0.6) is 5.75 Å². The average Bonchev–Trinajstić information content (AvgIpc) is 3.64. The zero-order valence-electron chi connectivity index (χ0n) is 24.2. The number of para-hydroxylation sites is 1. The summed E-state index contributed by atoms with van der Waals surface area (Å²) in [5, 5.41) is 8.34. The van der Waals surface area contributed by atoms with E-state index < -0.39 is 6.36 Å². The third kappa shape index (κ3) is 6.75. The Morgan fingerprint density at radius 1 is 1.07 bits per heavy atom. The summed E-state index contributed by atoms with van der Waals surface area (Å²) in [5.41, 5.74) is 5.94. The third-order valence-corrected chi connectivity index (χ3v) is 8.65. The minimum atomic E-state index is -4.75. The molecule has 1 aliphatic carbocycles. The zero-order chi connectivity index (χ0) is 30.8. The number of nitrogens with zero attached hydrogens (tertiary/aromatic N) is 5. The molecule has 0 spiro atoms. The fraction of sp³-hybridized carbons (Fsp3) is 0.312. The molecule has 1 saturated heterocycles. The Bertz CT molecular complexity index is 1690. The van der Waals surface area contributed by atoms with Gasteiger partial charge in [-0.3, -0.25) is 0 Å². The van der Waals surface area contributed by atoms with Crippen LogP contribution in [0.4, 0.5) is 23.7 Å². The highest BCUT2D eigenvalue weighted by Crippen LogP contribution is 2.32. The predicted octanol–water partition coefficient (Wildman–Crippen LogP) is 7.13. The van der Waals surface area contributed by atoms with Gasteiger partial charge in [0.1, 0.15) is 12.1 Å². The molecule has 1 fully saturated rings. The maximum absolute atomic E-state index is 13.1. The van der Waals surface area contributed by atoms with Gasteiger partial charge in [-0.2, -0.15) is 4.99 Å². The SMILES string of the molecule is CC(C)c1ccccc1N1CCCSC1=NC(=O)NC1Cc2ccc(-c3ncn(-c4ccc(OC(F)(F)F)cc4)n3)cc2C1. The van der Waals surface area contributed by atoms with Gasteiger partial charge >= 0.3 is 12.4 Å². The number of anilines is 1. The van der Waals surface area contributed by atoms with Gasteiger partial charge in [0.05, 0.1) is 5.69 Å². The number of hydrogen-bond donors (Lipinski definition) is 1. The van der Waals surface area contributed by atoms with Crippen molar-refractivity contribution in [3.05, 3.63) is 89.7 Å². The summed E-state index contributed by atoms with van der Waals surface area (Å²) in [6, 6.07) is 19.3. The quantitative estimate of drug-likeness (QED) is 0.247. The minimum Gasteiger partial charge on any atom is -0.406 e. The standard InChI is InChI=1S/C32H31F3N6O2S/c1-20(2)27-6-3-4-7-28(27)40-14-5-15-44-31(40)38-30(42)37-24-17-21-8-9-22(16-23(21)18-24)29-36-19-41(39-29)25-10-12-26(13-11-25)43-32(33,34)35/h3-4,6-13,16,19-20,24H,5,14-15,17-18H2,1-2H3,(H,37,42). The first-order valence-corrected chi connectivity index (χ1v) is 15.4. The smallest absolute Gasteiger partial charge is 0.406 e. The fourth-order valence-electron chi connectivity index (χ4n) is 5.57. The Morgan fingerprint density at radius 2 is 1.84 bits per heavy atom. The van der Waals surface area contributed by atoms with Crippen LogP contribution < -0.4 is 15.0 Å². The Kier molecular flexibility index (Phi) is 8.35. The van der Waals surface area contributed by atoms with E-state index >= 15 is 0 Å². The first-order chi connectivity index (χ1) is 21.1. The van der Waals surface area contributed by atoms with Gasteiger partial charge in [0.25, 0.3) is 0 Å². The van der Waals surface area contributed by atoms with E-state index in [0.717, 1.165) is 46.3 Å². The molecular formula is C32H31F3N6O2S. The van der Waals surface area contributed by atoms with Gasteiger partial charge in [0.15, 0.2) is 11.0 Å². The van der Waals surface area contributed by atoms with Crippen LogP contribution in [0.15, 0.2) is 78.0 Å². The van der Waals surface area contributed by atoms with E-state index in [9.17, 15) is 18.0 Å². The molecular weight excluding hydrogens is 589 g/mol. The monoisotopic (exact) mass is 620 g/mol. The Hall–Kier alpha value is -4.32. The van der Waals surface area contributed by atoms with E-state index in [1.54, 1.807) is 11.8 Å². The second kappa shape index (κ2) is 12.4. The second-order valence-electron chi connectivity index (χ2n) is 11.1. The molecule has 1 aromatic heterocycles. The number of halogens is 3. The summed E-state index contributed by atoms with van der Waals surface area (Å²) in [6.07, 6.45) is -0.854. The lowest BCUT2D eigenvalue weighted by atomic mass is 10.0. The van der Waals surface area contributed by atoms with Crippen molar-refractivity contribution in [1.29, 1.82) is 0 Å². The summed E-state index contributed by atoms with van der Waals surface area (Å²) in [4.78, 5) is 24.2. The fourth-order valence-corrected chi connectivity index (χ4v) is 6.52. The molecule has 1 N–H and O–H groups in total. The van der Waals surface area contributed by atoms with Gasteiger partial charge in [-0.1, -0.05) is 55.9 Å². The van der Waals surface area contributed by atoms with Crippen molar-refractivity contribution >= 4 is 28.6 Å². The molecule has 44 heavy (non-hydrogen) atoms. The molecule has 1 atom stereocenters. The number of alkyl halides is 3. The summed E-state index contributed by atoms with van der Waals surface area (Å²) < 4.78 is 42.8. The van der Waals surface area contributed by atoms with E-state index in [4.69, 9.17) is 0 Å². The largest absolute Gasteiger partial charge is 0.573 e. The minimum absolute atomic E-state index is 0.0787. The summed E-state index contributed by atoms with van der Waals surface area (Å²) in [7, 11) is 0. The van der Waals surface area contributed by atoms with Crippen LogP contribution in [-0.4, -0.2) is 50.7 Å². The van der Waals surface area contributed by atoms with Gasteiger partial charge in [0.2, 0.25) is 0 Å². The Morgan fingerprint density at radius 3 is 2.61 bits per heavy atom. The highest BCUT2D eigenvalue weighted by atomic mass is 32.2. The maximum atomic E-state index is 13.1. The van der Waals surface area contributed by atoms with E-state index in [1.165, 1.54) is 40.8 Å². The highest BCUT2D eigenvalue weighted by Gasteiger charge is 2.31. The molecule has 6 rings (SSSR count). The lowest BCUT2D eigenvalue weighted by molar-refractivity contribution is -0.274. The molecule has 3 aromatic carbocycles. The molecule has 1 unspecified atom stereocenters. The van der Waals surface area contributed by atoms with E-state index in [0.29, 0.717) is 30.3 Å². The number of thioether (sulfide) groups is 1. The number of urea groups is 1. The van der Waals surface area contributed by atoms with Crippen LogP contribution in [0.25, 0.3) is 17.1 Å². The number of ether oxygens (including phenoxy) is 1. The van der Waals surface area contributed by atoms with Gasteiger partial charge in [-0.05, 0) is 78.3 Å². The van der Waals surface area contributed by atoms with Crippen LogP contribution in [0.2, 0.25) is 0 Å². The summed E-state index contributed by atoms with van der Waals surface area (Å²) in [6.45, 7) is 5.16. The van der Waals surface area contributed by atoms with Crippen molar-refractivity contribution in [3.63, 3.8) is 0 Å². The molecule has 2 heterocycles. The number of amidine groups is 1. The molecule has 4 aromatic rings. The van der Waals surface area contributed by atoms with Crippen LogP contribution >= 0.6 is 11.8 Å². The first kappa shape index (κ1) is 29.7. The van der Waals surface area contributed by atoms with E-state index in [1.807, 2.05) is 30.3 Å². The topological polar surface area (TPSA) is 84.6 Å². The molecule has 1 aliphatic heterocycles. The van der Waals surface area contributed by atoms with Gasteiger partial charge in [-0.25, -0.2) is 14.5 Å². The van der Waals surface area contributed by atoms with Crippen molar-refractivity contribution in [2.24, 2.45) is 4.99 Å². The van der Waals surface area contributed by atoms with Crippen molar-refractivity contribution in [3.8, 4) is 22.8 Å². The normalized spacial score (nSPS) is 17.6. The van der Waals surface area contributed by atoms with Crippen molar-refractivity contribution in [2.75, 3.05) is 17.2 Å². The number of carbonyl (C=O) groups is 1. The van der Waals surface area contributed by atoms with Crippen LogP contribution in [0.3, 0.4) is 0 Å². The summed E-state index contributed by atoms with van der Waals surface area (Å²) in [5.74, 6) is 1.45. The van der Waals surface area contributed by atoms with Crippen molar-refractivity contribution in [2.45, 2.75) is 51.4 Å². The molecule has 228 valence electrons. The lowest BCUT2D eigenvalue weighted by Crippen LogP contribution is -2.38. The van der Waals surface area contributed by atoms with Crippen molar-refractivity contribution < 1.29 is 22.7 Å². The van der Waals surface area contributed by atoms with Gasteiger partial charge in [0, 0.05) is 29.6 Å². The zero-order valence-corrected chi connectivity index (χ0v) is 25.0. The number of hydrogen-bond acceptors (Lipinski definition) is 5. The molecule has 2 aliphatic rings. The molecule has 12 heteroatoms. The molecule has 0 bridgehead atoms. The Labute approximate surface area is 257 Å². The maximum Gasteiger partial charge on any atom is 0.573 e. The average molecular weight is 621 g/mol. The van der Waals surface area contributed by atoms with Gasteiger partial charge < -0.3 is 15.0 Å². The third-order valence-electron chi connectivity index (χ3n) is 7.59. The van der Waals surface area contributed by atoms with Crippen LogP contribution in [0.1, 0.15) is 42.9 Å². The number of rotatable bonds is 6. The number of carbonyl (C=O) groups excluding carboxylic acids is 1. The van der Waals surface area contributed by atoms with E-state index in [2.05, 4.69) is 56.0 Å². The number of amides is 2. The number of fused-ring (bicyclic) bond motifs is 1. The molecule has 0 radical (unpaired) electrons. The number of aliphatic imine (C=N–C) groups is 1.